The fourth-order valence-electron chi connectivity index (χ4n) is 2.98. The Kier molecular flexibility index (Phi) is 9.20. The van der Waals surface area contributed by atoms with Gasteiger partial charge in [-0.05, 0) is 36.8 Å². The van der Waals surface area contributed by atoms with E-state index in [1.54, 1.807) is 0 Å². The molecule has 0 radical (unpaired) electrons. The number of benzene rings is 2. The SMILES string of the molecule is C[N+](C)(CCCCc1ccccc1)CCCc1ccccc1.[Br-]. The second-order valence-electron chi connectivity index (χ2n) is 6.91. The molecule has 2 heteroatoms. The van der Waals surface area contributed by atoms with Crippen LogP contribution in [0.4, 0.5) is 0 Å². The fourth-order valence-corrected chi connectivity index (χ4v) is 2.98. The third-order valence-electron chi connectivity index (χ3n) is 4.39. The van der Waals surface area contributed by atoms with Crippen LogP contribution in [0.3, 0.4) is 0 Å². The molecule has 0 saturated heterocycles. The van der Waals surface area contributed by atoms with Crippen molar-refractivity contribution in [2.75, 3.05) is 27.2 Å². The number of nitrogens with zero attached hydrogens (tertiary/aromatic N) is 1. The Morgan fingerprint density at radius 3 is 1.57 bits per heavy atom. The predicted octanol–water partition coefficient (Wildman–Crippen LogP) is 1.72. The maximum Gasteiger partial charge on any atom is 0.0785 e. The summed E-state index contributed by atoms with van der Waals surface area (Å²) in [6, 6.07) is 21.7. The Hall–Kier alpha value is -1.12. The predicted molar refractivity (Wildman–Crippen MR) is 96.0 cm³/mol. The Labute approximate surface area is 152 Å². The van der Waals surface area contributed by atoms with Crippen LogP contribution in [0.5, 0.6) is 0 Å². The second kappa shape index (κ2) is 10.6. The zero-order valence-electron chi connectivity index (χ0n) is 14.5. The van der Waals surface area contributed by atoms with Gasteiger partial charge in [-0.15, -0.1) is 0 Å². The largest absolute Gasteiger partial charge is 1.00 e. The summed E-state index contributed by atoms with van der Waals surface area (Å²) in [6.07, 6.45) is 6.30. The van der Waals surface area contributed by atoms with Gasteiger partial charge < -0.3 is 21.5 Å². The van der Waals surface area contributed by atoms with E-state index in [9.17, 15) is 0 Å². The maximum absolute atomic E-state index is 2.37. The molecule has 0 N–H and O–H groups in total. The van der Waals surface area contributed by atoms with Crippen LogP contribution in [0, 0.1) is 0 Å². The smallest absolute Gasteiger partial charge is 0.0785 e. The number of unbranched alkanes of at least 4 members (excludes halogenated alkanes) is 1. The van der Waals surface area contributed by atoms with E-state index < -0.39 is 0 Å². The molecule has 0 unspecified atom stereocenters. The van der Waals surface area contributed by atoms with Gasteiger partial charge in [-0.2, -0.15) is 0 Å². The summed E-state index contributed by atoms with van der Waals surface area (Å²) in [6.45, 7) is 2.54. The van der Waals surface area contributed by atoms with Gasteiger partial charge in [0.2, 0.25) is 0 Å². The van der Waals surface area contributed by atoms with E-state index in [1.807, 2.05) is 0 Å². The van der Waals surface area contributed by atoms with E-state index in [-0.39, 0.29) is 17.0 Å². The van der Waals surface area contributed by atoms with E-state index in [1.165, 1.54) is 56.3 Å². The summed E-state index contributed by atoms with van der Waals surface area (Å²) in [5.41, 5.74) is 2.93. The van der Waals surface area contributed by atoms with Crippen molar-refractivity contribution in [3.63, 3.8) is 0 Å². The average molecular weight is 376 g/mol. The Morgan fingerprint density at radius 2 is 1.04 bits per heavy atom. The van der Waals surface area contributed by atoms with Crippen LogP contribution in [-0.2, 0) is 12.8 Å². The van der Waals surface area contributed by atoms with Crippen LogP contribution in [0.2, 0.25) is 0 Å². The van der Waals surface area contributed by atoms with Crippen molar-refractivity contribution >= 4 is 0 Å². The average Bonchev–Trinajstić information content (AvgIpc) is 2.53. The Morgan fingerprint density at radius 1 is 0.609 bits per heavy atom. The molecule has 0 amide bonds. The molecule has 2 aromatic rings. The molecule has 0 aliphatic heterocycles. The third kappa shape index (κ3) is 8.34. The normalized spacial score (nSPS) is 11.0. The minimum Gasteiger partial charge on any atom is -1.00 e. The Bertz CT molecular complexity index is 522. The molecule has 0 fully saturated rings. The monoisotopic (exact) mass is 375 g/mol. The molecule has 126 valence electrons. The van der Waals surface area contributed by atoms with E-state index in [2.05, 4.69) is 74.8 Å². The van der Waals surface area contributed by atoms with Crippen molar-refractivity contribution < 1.29 is 21.5 Å². The molecule has 2 aromatic carbocycles. The minimum atomic E-state index is 0. The number of halogens is 1. The first-order valence-corrected chi connectivity index (χ1v) is 8.56. The van der Waals surface area contributed by atoms with Crippen LogP contribution < -0.4 is 17.0 Å². The Balaban J connectivity index is 0.00000264. The lowest BCUT2D eigenvalue weighted by atomic mass is 10.1. The highest BCUT2D eigenvalue weighted by Gasteiger charge is 2.13. The molecule has 0 aliphatic rings. The number of hydrogen-bond donors (Lipinski definition) is 0. The molecule has 23 heavy (non-hydrogen) atoms. The highest BCUT2D eigenvalue weighted by Crippen LogP contribution is 2.10. The van der Waals surface area contributed by atoms with Crippen LogP contribution in [0.25, 0.3) is 0 Å². The summed E-state index contributed by atoms with van der Waals surface area (Å²) < 4.78 is 1.14. The lowest BCUT2D eigenvalue weighted by Gasteiger charge is -2.30. The molecule has 0 aliphatic carbocycles. The van der Waals surface area contributed by atoms with Crippen molar-refractivity contribution in [3.05, 3.63) is 71.8 Å². The van der Waals surface area contributed by atoms with Gasteiger partial charge >= 0.3 is 0 Å². The van der Waals surface area contributed by atoms with Crippen LogP contribution in [0.15, 0.2) is 60.7 Å². The van der Waals surface area contributed by atoms with Gasteiger partial charge in [-0.3, -0.25) is 0 Å². The van der Waals surface area contributed by atoms with Crippen molar-refractivity contribution in [1.82, 2.24) is 0 Å². The topological polar surface area (TPSA) is 0 Å². The molecule has 0 spiro atoms. The highest BCUT2D eigenvalue weighted by atomic mass is 79.9. The zero-order valence-corrected chi connectivity index (χ0v) is 16.1. The van der Waals surface area contributed by atoms with Gasteiger partial charge in [-0.1, -0.05) is 60.7 Å². The van der Waals surface area contributed by atoms with E-state index in [0.29, 0.717) is 0 Å². The molecular formula is C21H30BrN. The summed E-state index contributed by atoms with van der Waals surface area (Å²) >= 11 is 0. The second-order valence-corrected chi connectivity index (χ2v) is 6.91. The molecule has 1 nitrogen and oxygen atoms in total. The number of rotatable bonds is 9. The fraction of sp³-hybridized carbons (Fsp3) is 0.429. The lowest BCUT2D eigenvalue weighted by Crippen LogP contribution is -3.00. The zero-order chi connectivity index (χ0) is 15.7. The molecule has 0 atom stereocenters. The van der Waals surface area contributed by atoms with Crippen molar-refractivity contribution in [2.24, 2.45) is 0 Å². The van der Waals surface area contributed by atoms with Gasteiger partial charge in [0.05, 0.1) is 27.2 Å². The number of quaternary nitrogens is 1. The first-order chi connectivity index (χ1) is 10.7. The standard InChI is InChI=1S/C21H30N.BrH/c1-22(2,19-11-17-21-14-7-4-8-15-21)18-10-9-16-20-12-5-3-6-13-20;/h3-8,12-15H,9-11,16-19H2,1-2H3;1H/q+1;/p-1. The molecule has 0 heterocycles. The van der Waals surface area contributed by atoms with E-state index >= 15 is 0 Å². The van der Waals surface area contributed by atoms with Gasteiger partial charge in [0.25, 0.3) is 0 Å². The lowest BCUT2D eigenvalue weighted by molar-refractivity contribution is -0.890. The first kappa shape index (κ1) is 19.9. The van der Waals surface area contributed by atoms with Crippen LogP contribution >= 0.6 is 0 Å². The molecular weight excluding hydrogens is 346 g/mol. The summed E-state index contributed by atoms with van der Waals surface area (Å²) in [7, 11) is 4.74. The summed E-state index contributed by atoms with van der Waals surface area (Å²) in [4.78, 5) is 0. The molecule has 0 bridgehead atoms. The van der Waals surface area contributed by atoms with Gasteiger partial charge in [0.1, 0.15) is 0 Å². The highest BCUT2D eigenvalue weighted by molar-refractivity contribution is 5.15. The molecule has 0 aromatic heterocycles. The molecule has 2 rings (SSSR count). The van der Waals surface area contributed by atoms with E-state index in [4.69, 9.17) is 0 Å². The number of hydrogen-bond acceptors (Lipinski definition) is 0. The van der Waals surface area contributed by atoms with Crippen molar-refractivity contribution in [3.8, 4) is 0 Å². The molecule has 0 saturated carbocycles. The first-order valence-electron chi connectivity index (χ1n) is 8.56. The van der Waals surface area contributed by atoms with Gasteiger partial charge in [0, 0.05) is 6.42 Å². The summed E-state index contributed by atoms with van der Waals surface area (Å²) in [5.74, 6) is 0. The van der Waals surface area contributed by atoms with Crippen LogP contribution in [0.1, 0.15) is 30.4 Å². The third-order valence-corrected chi connectivity index (χ3v) is 4.39. The maximum atomic E-state index is 2.37. The summed E-state index contributed by atoms with van der Waals surface area (Å²) in [5, 5.41) is 0. The number of aryl methyl sites for hydroxylation is 2. The van der Waals surface area contributed by atoms with Crippen molar-refractivity contribution in [2.45, 2.75) is 32.1 Å². The quantitative estimate of drug-likeness (QED) is 0.462. The van der Waals surface area contributed by atoms with Gasteiger partial charge in [-0.25, -0.2) is 0 Å². The van der Waals surface area contributed by atoms with Crippen molar-refractivity contribution in [1.29, 1.82) is 0 Å². The van der Waals surface area contributed by atoms with E-state index in [0.717, 1.165) is 4.48 Å². The van der Waals surface area contributed by atoms with Crippen LogP contribution in [-0.4, -0.2) is 31.7 Å². The van der Waals surface area contributed by atoms with Gasteiger partial charge in [0.15, 0.2) is 0 Å². The minimum absolute atomic E-state index is 0.